The molecule has 0 bridgehead atoms. The van der Waals surface area contributed by atoms with Crippen LogP contribution in [0.15, 0.2) is 78.9 Å². The van der Waals surface area contributed by atoms with Gasteiger partial charge in [-0.3, -0.25) is 4.79 Å². The van der Waals surface area contributed by atoms with E-state index < -0.39 is 5.97 Å². The first kappa shape index (κ1) is 26.4. The van der Waals surface area contributed by atoms with Crippen LogP contribution in [-0.2, 0) is 41.0 Å². The Morgan fingerprint density at radius 1 is 0.892 bits per heavy atom. The molecule has 194 valence electrons. The van der Waals surface area contributed by atoms with Crippen molar-refractivity contribution < 1.29 is 19.4 Å². The highest BCUT2D eigenvalue weighted by molar-refractivity contribution is 5.80. The second-order valence-corrected chi connectivity index (χ2v) is 9.07. The Morgan fingerprint density at radius 3 is 2.05 bits per heavy atom. The lowest BCUT2D eigenvalue weighted by Gasteiger charge is -2.25. The van der Waals surface area contributed by atoms with Gasteiger partial charge in [-0.05, 0) is 35.7 Å². The maximum absolute atomic E-state index is 10.9. The summed E-state index contributed by atoms with van der Waals surface area (Å²) in [5.41, 5.74) is 5.32. The fourth-order valence-electron chi connectivity index (χ4n) is 4.30. The van der Waals surface area contributed by atoms with Gasteiger partial charge >= 0.3 is 5.97 Å². The lowest BCUT2D eigenvalue weighted by atomic mass is 10.2. The fraction of sp³-hybridized carbons (Fsp3) is 0.333. The molecule has 1 aromatic heterocycles. The number of fused-ring (bicyclic) bond motifs is 1. The molecule has 0 atom stereocenters. The van der Waals surface area contributed by atoms with Gasteiger partial charge in [-0.25, -0.2) is 4.98 Å². The maximum atomic E-state index is 10.9. The van der Waals surface area contributed by atoms with Gasteiger partial charge < -0.3 is 24.0 Å². The normalized spacial score (nSPS) is 11.2. The van der Waals surface area contributed by atoms with Crippen LogP contribution in [0.5, 0.6) is 0 Å². The number of carboxylic acid groups (broad SMARTS) is 1. The molecule has 0 spiro atoms. The number of hydrogen-bond donors (Lipinski definition) is 1. The topological polar surface area (TPSA) is 76.8 Å². The van der Waals surface area contributed by atoms with E-state index in [9.17, 15) is 4.79 Å². The lowest BCUT2D eigenvalue weighted by Crippen LogP contribution is -2.31. The number of aryl methyl sites for hydroxylation is 2. The number of anilines is 1. The minimum atomic E-state index is -0.777. The highest BCUT2D eigenvalue weighted by atomic mass is 16.5. The van der Waals surface area contributed by atoms with E-state index >= 15 is 0 Å². The molecule has 0 fully saturated rings. The van der Waals surface area contributed by atoms with Crippen LogP contribution in [0.25, 0.3) is 11.0 Å². The predicted molar refractivity (Wildman–Crippen MR) is 146 cm³/mol. The number of aromatic nitrogens is 2. The Hall–Kier alpha value is -3.68. The van der Waals surface area contributed by atoms with E-state index in [2.05, 4.69) is 51.9 Å². The molecule has 4 aromatic rings. The number of aliphatic carboxylic acids is 1. The molecule has 37 heavy (non-hydrogen) atoms. The van der Waals surface area contributed by atoms with Crippen LogP contribution < -0.4 is 4.90 Å². The summed E-state index contributed by atoms with van der Waals surface area (Å²) < 4.78 is 14.0. The van der Waals surface area contributed by atoms with Crippen LogP contribution in [0.2, 0.25) is 0 Å². The molecule has 0 aliphatic carbocycles. The molecular formula is C30H35N3O4. The number of carbonyl (C=O) groups is 1. The van der Waals surface area contributed by atoms with Crippen molar-refractivity contribution in [1.82, 2.24) is 9.55 Å². The first-order valence-corrected chi connectivity index (χ1v) is 12.8. The van der Waals surface area contributed by atoms with Gasteiger partial charge in [0.1, 0.15) is 5.82 Å². The third-order valence-corrected chi connectivity index (χ3v) is 6.35. The minimum Gasteiger partial charge on any atom is -0.481 e. The second-order valence-electron chi connectivity index (χ2n) is 9.07. The lowest BCUT2D eigenvalue weighted by molar-refractivity contribution is -0.137. The van der Waals surface area contributed by atoms with Crippen LogP contribution in [0.1, 0.15) is 29.8 Å². The molecule has 0 aliphatic heterocycles. The van der Waals surface area contributed by atoms with Gasteiger partial charge in [0, 0.05) is 38.7 Å². The average molecular weight is 502 g/mol. The molecule has 7 nitrogen and oxygen atoms in total. The van der Waals surface area contributed by atoms with Crippen LogP contribution in [0.3, 0.4) is 0 Å². The molecule has 1 heterocycles. The standard InChI is InChI=1S/C30H35N3O4/c1-32-28-16-15-26(21-27(28)31-29(32)13-8-14-30(34)35)33(17-19-36-22-24-9-4-2-5-10-24)18-20-37-23-25-11-6-3-7-12-25/h2-7,9-12,15-16,21H,8,13-14,17-20,22-23H2,1H3,(H,34,35). The van der Waals surface area contributed by atoms with E-state index in [0.29, 0.717) is 39.3 Å². The summed E-state index contributed by atoms with van der Waals surface area (Å²) in [6, 6.07) is 26.7. The first-order valence-electron chi connectivity index (χ1n) is 12.8. The largest absolute Gasteiger partial charge is 0.481 e. The van der Waals surface area contributed by atoms with Crippen molar-refractivity contribution in [3.8, 4) is 0 Å². The smallest absolute Gasteiger partial charge is 0.303 e. The van der Waals surface area contributed by atoms with E-state index in [1.807, 2.05) is 43.4 Å². The van der Waals surface area contributed by atoms with Gasteiger partial charge in [0.2, 0.25) is 0 Å². The monoisotopic (exact) mass is 501 g/mol. The fourth-order valence-corrected chi connectivity index (χ4v) is 4.30. The Labute approximate surface area is 218 Å². The zero-order chi connectivity index (χ0) is 25.9. The molecule has 3 aromatic carbocycles. The summed E-state index contributed by atoms with van der Waals surface area (Å²) in [5.74, 6) is 0.123. The zero-order valence-electron chi connectivity index (χ0n) is 21.4. The van der Waals surface area contributed by atoms with Gasteiger partial charge in [0.25, 0.3) is 0 Å². The number of benzene rings is 3. The van der Waals surface area contributed by atoms with Crippen molar-refractivity contribution in [3.05, 3.63) is 95.8 Å². The number of ether oxygens (including phenoxy) is 2. The highest BCUT2D eigenvalue weighted by Gasteiger charge is 2.13. The van der Waals surface area contributed by atoms with Crippen molar-refractivity contribution >= 4 is 22.7 Å². The van der Waals surface area contributed by atoms with Crippen LogP contribution in [0, 0.1) is 0 Å². The van der Waals surface area contributed by atoms with Gasteiger partial charge in [-0.2, -0.15) is 0 Å². The molecule has 0 radical (unpaired) electrons. The summed E-state index contributed by atoms with van der Waals surface area (Å²) in [6.07, 6.45) is 1.36. The minimum absolute atomic E-state index is 0.147. The third kappa shape index (κ3) is 7.90. The van der Waals surface area contributed by atoms with Crippen LogP contribution >= 0.6 is 0 Å². The molecule has 0 unspecified atom stereocenters. The SMILES string of the molecule is Cn1c(CCCC(=O)O)nc2cc(N(CCOCc3ccccc3)CCOCc3ccccc3)ccc21. The Balaban J connectivity index is 1.41. The van der Waals surface area contributed by atoms with Gasteiger partial charge in [0.05, 0.1) is 37.5 Å². The third-order valence-electron chi connectivity index (χ3n) is 6.35. The van der Waals surface area contributed by atoms with Crippen LogP contribution in [-0.4, -0.2) is 46.9 Å². The molecule has 1 N–H and O–H groups in total. The van der Waals surface area contributed by atoms with E-state index in [-0.39, 0.29) is 6.42 Å². The van der Waals surface area contributed by atoms with Crippen molar-refractivity contribution in [3.63, 3.8) is 0 Å². The summed E-state index contributed by atoms with van der Waals surface area (Å²) in [7, 11) is 1.98. The maximum Gasteiger partial charge on any atom is 0.303 e. The average Bonchev–Trinajstić information content (AvgIpc) is 3.23. The highest BCUT2D eigenvalue weighted by Crippen LogP contribution is 2.23. The second kappa shape index (κ2) is 13.6. The van der Waals surface area contributed by atoms with Gasteiger partial charge in [0.15, 0.2) is 0 Å². The molecule has 0 aliphatic rings. The summed E-state index contributed by atoms with van der Waals surface area (Å²) >= 11 is 0. The summed E-state index contributed by atoms with van der Waals surface area (Å²) in [6.45, 7) is 3.80. The summed E-state index contributed by atoms with van der Waals surface area (Å²) in [4.78, 5) is 18.0. The molecule has 7 heteroatoms. The Bertz CT molecular complexity index is 1210. The van der Waals surface area contributed by atoms with Gasteiger partial charge in [-0.15, -0.1) is 0 Å². The Morgan fingerprint density at radius 2 is 1.49 bits per heavy atom. The number of carboxylic acids is 1. The van der Waals surface area contributed by atoms with Crippen molar-refractivity contribution in [2.45, 2.75) is 32.5 Å². The molecule has 0 saturated heterocycles. The van der Waals surface area contributed by atoms with Crippen molar-refractivity contribution in [1.29, 1.82) is 0 Å². The number of rotatable bonds is 15. The van der Waals surface area contributed by atoms with E-state index in [1.54, 1.807) is 0 Å². The van der Waals surface area contributed by atoms with E-state index in [1.165, 1.54) is 0 Å². The molecule has 0 saturated carbocycles. The molecule has 0 amide bonds. The first-order chi connectivity index (χ1) is 18.1. The molecular weight excluding hydrogens is 466 g/mol. The number of hydrogen-bond acceptors (Lipinski definition) is 5. The predicted octanol–water partition coefficient (Wildman–Crippen LogP) is 5.22. The Kier molecular flexibility index (Phi) is 9.68. The van der Waals surface area contributed by atoms with Crippen molar-refractivity contribution in [2.75, 3.05) is 31.2 Å². The zero-order valence-corrected chi connectivity index (χ0v) is 21.4. The number of nitrogens with zero attached hydrogens (tertiary/aromatic N) is 3. The van der Waals surface area contributed by atoms with Crippen LogP contribution in [0.4, 0.5) is 5.69 Å². The van der Waals surface area contributed by atoms with E-state index in [0.717, 1.165) is 46.8 Å². The van der Waals surface area contributed by atoms with Crippen molar-refractivity contribution in [2.24, 2.45) is 7.05 Å². The summed E-state index contributed by atoms with van der Waals surface area (Å²) in [5, 5.41) is 8.95. The van der Waals surface area contributed by atoms with Gasteiger partial charge in [-0.1, -0.05) is 60.7 Å². The molecule has 4 rings (SSSR count). The van der Waals surface area contributed by atoms with E-state index in [4.69, 9.17) is 19.6 Å². The quantitative estimate of drug-likeness (QED) is 0.225. The number of imidazole rings is 1.